The first-order valence-electron chi connectivity index (χ1n) is 20.4. The van der Waals surface area contributed by atoms with E-state index in [1.54, 1.807) is 30.3 Å². The molecule has 3 heterocycles. The number of hydrogen-bond donors (Lipinski definition) is 4. The molecule has 1 amide bonds. The Morgan fingerprint density at radius 3 is 2.65 bits per heavy atom. The van der Waals surface area contributed by atoms with E-state index in [-0.39, 0.29) is 22.8 Å². The third-order valence-electron chi connectivity index (χ3n) is 11.4. The number of thiocarbonyl (C=S) groups is 1. The monoisotopic (exact) mass is 876 g/mol. The number of aromatic nitrogens is 2. The Morgan fingerprint density at radius 2 is 1.79 bits per heavy atom. The molecule has 5 aromatic carbocycles. The molecule has 2 aliphatic heterocycles. The van der Waals surface area contributed by atoms with Crippen LogP contribution in [0.3, 0.4) is 0 Å². The molecule has 0 saturated heterocycles. The molecule has 0 fully saturated rings. The summed E-state index contributed by atoms with van der Waals surface area (Å²) in [5.41, 5.74) is 7.96. The number of phenols is 1. The highest BCUT2D eigenvalue weighted by atomic mass is 35.5. The van der Waals surface area contributed by atoms with Crippen molar-refractivity contribution in [3.05, 3.63) is 164 Å². The van der Waals surface area contributed by atoms with E-state index in [4.69, 9.17) is 38.1 Å². The molecule has 14 heteroatoms. The van der Waals surface area contributed by atoms with Gasteiger partial charge in [0.15, 0.2) is 16.2 Å². The van der Waals surface area contributed by atoms with Crippen molar-refractivity contribution in [2.75, 3.05) is 18.4 Å². The number of aryl methyl sites for hydroxylation is 1. The van der Waals surface area contributed by atoms with Crippen molar-refractivity contribution in [2.45, 2.75) is 39.5 Å². The lowest BCUT2D eigenvalue weighted by Crippen LogP contribution is -2.33. The highest BCUT2D eigenvalue weighted by molar-refractivity contribution is 7.80. The number of anilines is 1. The Labute approximate surface area is 372 Å². The average Bonchev–Trinajstić information content (AvgIpc) is 3.63. The fourth-order valence-electron chi connectivity index (χ4n) is 8.30. The van der Waals surface area contributed by atoms with Gasteiger partial charge < -0.3 is 30.2 Å². The predicted octanol–water partition coefficient (Wildman–Crippen LogP) is 8.59. The van der Waals surface area contributed by atoms with Gasteiger partial charge in [0.2, 0.25) is 0 Å². The van der Waals surface area contributed by atoms with Crippen LogP contribution in [0.4, 0.5) is 5.69 Å². The van der Waals surface area contributed by atoms with Crippen LogP contribution in [0.1, 0.15) is 38.4 Å². The van der Waals surface area contributed by atoms with Crippen molar-refractivity contribution in [1.29, 1.82) is 0 Å². The number of rotatable bonds is 12. The van der Waals surface area contributed by atoms with Crippen LogP contribution in [0.5, 0.6) is 11.5 Å². The summed E-state index contributed by atoms with van der Waals surface area (Å²) in [5.74, 6) is 0.314. The first-order valence-corrected chi connectivity index (χ1v) is 21.2. The van der Waals surface area contributed by atoms with E-state index in [1.165, 1.54) is 24.3 Å². The summed E-state index contributed by atoms with van der Waals surface area (Å²) < 4.78 is 13.4. The van der Waals surface area contributed by atoms with E-state index in [9.17, 15) is 19.5 Å². The van der Waals surface area contributed by atoms with Crippen LogP contribution in [0, 0.1) is 6.92 Å². The molecule has 1 aliphatic carbocycles. The Kier molecular flexibility index (Phi) is 11.6. The van der Waals surface area contributed by atoms with Crippen LogP contribution < -0.4 is 26.1 Å². The van der Waals surface area contributed by atoms with Crippen molar-refractivity contribution in [3.63, 3.8) is 0 Å². The summed E-state index contributed by atoms with van der Waals surface area (Å²) >= 11 is 12.2. The lowest BCUT2D eigenvalue weighted by molar-refractivity contribution is -0.120. The van der Waals surface area contributed by atoms with Crippen LogP contribution in [-0.2, 0) is 37.4 Å². The fraction of sp³-hybridized carbons (Fsp3) is 0.163. The number of nitrogens with one attached hydrogen (secondary N) is 3. The Morgan fingerprint density at radius 1 is 0.952 bits per heavy atom. The molecular weight excluding hydrogens is 836 g/mol. The van der Waals surface area contributed by atoms with Crippen LogP contribution in [0.25, 0.3) is 44.2 Å². The molecular formula is C49H41ClN6O6S. The summed E-state index contributed by atoms with van der Waals surface area (Å²) in [7, 11) is 0. The molecule has 0 radical (unpaired) electrons. The molecule has 4 N–H and O–H groups in total. The second-order valence-electron chi connectivity index (χ2n) is 15.5. The maximum Gasteiger partial charge on any atom is 0.298 e. The number of aromatic hydroxyl groups is 1. The topological polar surface area (TPSA) is 151 Å². The van der Waals surface area contributed by atoms with Crippen LogP contribution in [0.2, 0.25) is 5.02 Å². The largest absolute Gasteiger partial charge is 0.508 e. The zero-order chi connectivity index (χ0) is 43.6. The number of carbonyl (C=O) groups excluding carboxylic acids is 2. The zero-order valence-electron chi connectivity index (χ0n) is 34.1. The first kappa shape index (κ1) is 41.3. The zero-order valence-corrected chi connectivity index (χ0v) is 35.7. The summed E-state index contributed by atoms with van der Waals surface area (Å²) in [4.78, 5) is 40.3. The number of phenolic OH excluding ortho intramolecular Hbond substituents is 1. The maximum atomic E-state index is 14.0. The van der Waals surface area contributed by atoms with E-state index in [1.807, 2.05) is 48.0 Å². The molecule has 9 rings (SSSR count). The van der Waals surface area contributed by atoms with Gasteiger partial charge in [-0.2, -0.15) is 5.10 Å². The Balaban J connectivity index is 0.924. The molecule has 3 aliphatic rings. The lowest BCUT2D eigenvalue weighted by Gasteiger charge is -2.28. The first-order chi connectivity index (χ1) is 30.6. The summed E-state index contributed by atoms with van der Waals surface area (Å²) in [6.07, 6.45) is 0.701. The molecule has 1 aromatic heterocycles. The highest BCUT2D eigenvalue weighted by Crippen LogP contribution is 2.44. The highest BCUT2D eigenvalue weighted by Gasteiger charge is 2.29. The van der Waals surface area contributed by atoms with Crippen molar-refractivity contribution < 1.29 is 23.8 Å². The number of hydrogen-bond acceptors (Lipinski definition) is 9. The molecule has 0 bridgehead atoms. The quantitative estimate of drug-likeness (QED) is 0.0531. The maximum absolute atomic E-state index is 14.0. The van der Waals surface area contributed by atoms with Crippen molar-refractivity contribution >= 4 is 68.7 Å². The smallest absolute Gasteiger partial charge is 0.298 e. The number of amides is 1. The average molecular weight is 877 g/mol. The molecule has 0 atom stereocenters. The van der Waals surface area contributed by atoms with Gasteiger partial charge in [-0.1, -0.05) is 66.2 Å². The van der Waals surface area contributed by atoms with Crippen LogP contribution in [0.15, 0.2) is 124 Å². The van der Waals surface area contributed by atoms with E-state index in [0.29, 0.717) is 95.5 Å². The predicted molar refractivity (Wildman–Crippen MR) is 248 cm³/mol. The standard InChI is InChI=1S/C49H41ClN6O6S/c1-29-9-10-30(21-41(29)50)26-55-19-17-42-40(27-55)47(48(60)52-25-32-7-4-6-31-5-2-3-8-36(31)32)54-56(42)20-18-51-49(63)53-33-11-14-37(43(22-33)61-28-57)46-38-15-12-34(58)23-44(38)62-45-24-35(59)13-16-39(45)46/h2-16,21-24,28,58H,17-20,25-27H2,1H3,(H,52,60)(H2,51,53,63). The van der Waals surface area contributed by atoms with Gasteiger partial charge >= 0.3 is 0 Å². The number of carbonyl (C=O) groups is 2. The van der Waals surface area contributed by atoms with Crippen LogP contribution >= 0.6 is 23.8 Å². The van der Waals surface area contributed by atoms with Gasteiger partial charge in [-0.15, -0.1) is 0 Å². The van der Waals surface area contributed by atoms with Gasteiger partial charge in [0.05, 0.1) is 6.54 Å². The minimum absolute atomic E-state index is 0.00230. The van der Waals surface area contributed by atoms with Gasteiger partial charge in [0.1, 0.15) is 22.8 Å². The number of halogens is 1. The van der Waals surface area contributed by atoms with Gasteiger partial charge in [0.25, 0.3) is 12.4 Å². The molecule has 0 saturated carbocycles. The van der Waals surface area contributed by atoms with Gasteiger partial charge in [-0.05, 0) is 89.1 Å². The molecule has 63 heavy (non-hydrogen) atoms. The lowest BCUT2D eigenvalue weighted by atomic mass is 9.93. The van der Waals surface area contributed by atoms with Gasteiger partial charge in [-0.3, -0.25) is 24.0 Å². The third kappa shape index (κ3) is 8.71. The van der Waals surface area contributed by atoms with E-state index < -0.39 is 0 Å². The normalized spacial score (nSPS) is 12.6. The molecule has 12 nitrogen and oxygen atoms in total. The number of nitrogens with zero attached hydrogens (tertiary/aromatic N) is 3. The molecule has 6 aromatic rings. The summed E-state index contributed by atoms with van der Waals surface area (Å²) in [6, 6.07) is 34.8. The van der Waals surface area contributed by atoms with Gasteiger partial charge in [0, 0.05) is 101 Å². The van der Waals surface area contributed by atoms with E-state index >= 15 is 0 Å². The van der Waals surface area contributed by atoms with Crippen LogP contribution in [-0.4, -0.2) is 50.4 Å². The Bertz CT molecular complexity index is 3110. The minimum atomic E-state index is -0.237. The third-order valence-corrected chi connectivity index (χ3v) is 12.0. The number of fused-ring (bicyclic) bond motifs is 4. The SMILES string of the molecule is Cc1ccc(CN2CCc3c(c(C(=O)NCc4cccc5ccccc45)nn3CCNC(=S)Nc3ccc(-c4c5ccc(=O)cc-5oc5cc(O)ccc45)c(OC=O)c3)C2)cc1Cl. The van der Waals surface area contributed by atoms with Crippen molar-refractivity contribution in [2.24, 2.45) is 0 Å². The van der Waals surface area contributed by atoms with E-state index in [2.05, 4.69) is 45.1 Å². The summed E-state index contributed by atoms with van der Waals surface area (Å²) in [6.45, 7) is 5.55. The second-order valence-corrected chi connectivity index (χ2v) is 16.3. The molecule has 0 spiro atoms. The summed E-state index contributed by atoms with van der Waals surface area (Å²) in [5, 5.41) is 28.6. The molecule has 0 unspecified atom stereocenters. The van der Waals surface area contributed by atoms with Crippen molar-refractivity contribution in [1.82, 2.24) is 25.3 Å². The number of benzene rings is 6. The second kappa shape index (κ2) is 17.7. The minimum Gasteiger partial charge on any atom is -0.508 e. The Hall–Kier alpha value is -7.06. The number of ether oxygens (including phenoxy) is 1. The van der Waals surface area contributed by atoms with Crippen molar-refractivity contribution in [3.8, 4) is 33.9 Å². The van der Waals surface area contributed by atoms with Gasteiger partial charge in [-0.25, -0.2) is 0 Å². The fourth-order valence-corrected chi connectivity index (χ4v) is 8.73. The van der Waals surface area contributed by atoms with E-state index in [0.717, 1.165) is 50.3 Å². The molecule has 316 valence electrons.